The number of hydrogen-bond acceptors (Lipinski definition) is 3. The first kappa shape index (κ1) is 12.9. The molecular weight excluding hydrogens is 252 g/mol. The average Bonchev–Trinajstić information content (AvgIpc) is 3.36. The molecule has 4 nitrogen and oxygen atoms in total. The molecule has 2 aliphatic heterocycles. The molecule has 0 aromatic carbocycles. The summed E-state index contributed by atoms with van der Waals surface area (Å²) in [6.45, 7) is 4.39. The zero-order chi connectivity index (χ0) is 13.8. The molecule has 1 N–H and O–H groups in total. The van der Waals surface area contributed by atoms with Crippen molar-refractivity contribution in [1.82, 2.24) is 10.2 Å². The van der Waals surface area contributed by atoms with E-state index >= 15 is 0 Å². The first-order valence-electron chi connectivity index (χ1n) is 8.31. The zero-order valence-electron chi connectivity index (χ0n) is 12.5. The van der Waals surface area contributed by atoms with Crippen LogP contribution in [0.5, 0.6) is 0 Å². The molecule has 1 unspecified atom stereocenters. The van der Waals surface area contributed by atoms with Crippen molar-refractivity contribution in [2.45, 2.75) is 69.4 Å². The van der Waals surface area contributed by atoms with E-state index in [0.717, 1.165) is 13.1 Å². The Labute approximate surface area is 121 Å². The van der Waals surface area contributed by atoms with Crippen molar-refractivity contribution >= 4 is 6.09 Å². The lowest BCUT2D eigenvalue weighted by atomic mass is 9.70. The van der Waals surface area contributed by atoms with E-state index in [1.807, 2.05) is 6.92 Å². The second kappa shape index (κ2) is 4.12. The summed E-state index contributed by atoms with van der Waals surface area (Å²) in [6, 6.07) is 0. The molecule has 112 valence electrons. The van der Waals surface area contributed by atoms with Gasteiger partial charge in [-0.25, -0.2) is 4.79 Å². The van der Waals surface area contributed by atoms with Crippen LogP contribution >= 0.6 is 0 Å². The Bertz CT molecular complexity index is 411. The molecule has 0 radical (unpaired) electrons. The number of amides is 1. The molecule has 2 saturated carbocycles. The van der Waals surface area contributed by atoms with Crippen LogP contribution in [0.25, 0.3) is 0 Å². The summed E-state index contributed by atoms with van der Waals surface area (Å²) in [6.07, 6.45) is 10.0. The van der Waals surface area contributed by atoms with Gasteiger partial charge in [0.2, 0.25) is 0 Å². The van der Waals surface area contributed by atoms with Gasteiger partial charge in [-0.2, -0.15) is 0 Å². The van der Waals surface area contributed by atoms with Gasteiger partial charge >= 0.3 is 6.09 Å². The molecule has 2 saturated heterocycles. The summed E-state index contributed by atoms with van der Waals surface area (Å²) in [5, 5.41) is 3.79. The van der Waals surface area contributed by atoms with E-state index in [2.05, 4.69) is 10.2 Å². The molecule has 2 aliphatic carbocycles. The molecule has 1 amide bonds. The fraction of sp³-hybridized carbons (Fsp3) is 0.938. The molecule has 4 aliphatic rings. The normalized spacial score (nSPS) is 36.4. The minimum Gasteiger partial charge on any atom is -0.450 e. The average molecular weight is 278 g/mol. The van der Waals surface area contributed by atoms with Crippen LogP contribution in [-0.4, -0.2) is 41.8 Å². The van der Waals surface area contributed by atoms with Gasteiger partial charge in [-0.1, -0.05) is 0 Å². The standard InChI is InChI=1S/C16H26N2O2/c1-2-20-13(19)18-12-14(4-8-16(18)9-10-16)3-5-15(6-7-15)17-11-14/h17H,2-12H2,1H3. The summed E-state index contributed by atoms with van der Waals surface area (Å²) in [5.41, 5.74) is 0.982. The first-order chi connectivity index (χ1) is 9.61. The van der Waals surface area contributed by atoms with Gasteiger partial charge in [-0.3, -0.25) is 0 Å². The van der Waals surface area contributed by atoms with Gasteiger partial charge in [0.05, 0.1) is 6.61 Å². The smallest absolute Gasteiger partial charge is 0.410 e. The second-order valence-electron chi connectivity index (χ2n) is 7.64. The highest BCUT2D eigenvalue weighted by Crippen LogP contribution is 2.56. The Kier molecular flexibility index (Phi) is 2.67. The minimum absolute atomic E-state index is 0.0733. The fourth-order valence-electron chi connectivity index (χ4n) is 4.32. The van der Waals surface area contributed by atoms with Crippen LogP contribution < -0.4 is 5.32 Å². The topological polar surface area (TPSA) is 41.6 Å². The number of piperidine rings is 2. The lowest BCUT2D eigenvalue weighted by molar-refractivity contribution is 0.00128. The predicted molar refractivity (Wildman–Crippen MR) is 76.6 cm³/mol. The van der Waals surface area contributed by atoms with Crippen molar-refractivity contribution in [3.05, 3.63) is 0 Å². The molecule has 4 rings (SSSR count). The Hall–Kier alpha value is -0.770. The summed E-state index contributed by atoms with van der Waals surface area (Å²) in [7, 11) is 0. The molecule has 2 heterocycles. The van der Waals surface area contributed by atoms with Gasteiger partial charge in [-0.05, 0) is 58.3 Å². The number of nitrogens with one attached hydrogen (secondary N) is 1. The molecule has 0 aromatic heterocycles. The lowest BCUT2D eigenvalue weighted by Crippen LogP contribution is -2.59. The van der Waals surface area contributed by atoms with Crippen LogP contribution in [0, 0.1) is 5.41 Å². The van der Waals surface area contributed by atoms with E-state index in [0.29, 0.717) is 17.6 Å². The summed E-state index contributed by atoms with van der Waals surface area (Å²) >= 11 is 0. The molecular formula is C16H26N2O2. The summed E-state index contributed by atoms with van der Waals surface area (Å²) in [4.78, 5) is 14.4. The van der Waals surface area contributed by atoms with E-state index < -0.39 is 0 Å². The Balaban J connectivity index is 1.48. The number of rotatable bonds is 1. The second-order valence-corrected chi connectivity index (χ2v) is 7.64. The maximum atomic E-state index is 12.3. The molecule has 1 atom stereocenters. The van der Waals surface area contributed by atoms with Crippen LogP contribution in [-0.2, 0) is 4.74 Å². The Morgan fingerprint density at radius 3 is 2.30 bits per heavy atom. The van der Waals surface area contributed by atoms with Gasteiger partial charge in [-0.15, -0.1) is 0 Å². The highest BCUT2D eigenvalue weighted by atomic mass is 16.6. The van der Waals surface area contributed by atoms with Crippen molar-refractivity contribution < 1.29 is 9.53 Å². The highest BCUT2D eigenvalue weighted by Gasteiger charge is 2.59. The van der Waals surface area contributed by atoms with Crippen molar-refractivity contribution in [2.75, 3.05) is 19.7 Å². The number of nitrogens with zero attached hydrogens (tertiary/aromatic N) is 1. The van der Waals surface area contributed by atoms with E-state index in [1.54, 1.807) is 0 Å². The van der Waals surface area contributed by atoms with E-state index in [-0.39, 0.29) is 11.6 Å². The zero-order valence-corrected chi connectivity index (χ0v) is 12.5. The number of hydrogen-bond donors (Lipinski definition) is 1. The van der Waals surface area contributed by atoms with Gasteiger partial charge in [0.15, 0.2) is 0 Å². The van der Waals surface area contributed by atoms with Crippen LogP contribution in [0.2, 0.25) is 0 Å². The van der Waals surface area contributed by atoms with Crippen LogP contribution in [0.1, 0.15) is 58.3 Å². The van der Waals surface area contributed by atoms with E-state index in [9.17, 15) is 4.79 Å². The molecule has 0 bridgehead atoms. The third-order valence-corrected chi connectivity index (χ3v) is 6.33. The number of ether oxygens (including phenoxy) is 1. The minimum atomic E-state index is -0.0733. The molecule has 0 aromatic rings. The van der Waals surface area contributed by atoms with Crippen molar-refractivity contribution in [1.29, 1.82) is 0 Å². The van der Waals surface area contributed by atoms with Gasteiger partial charge in [0.1, 0.15) is 0 Å². The molecule has 4 fully saturated rings. The van der Waals surface area contributed by atoms with Gasteiger partial charge < -0.3 is 15.0 Å². The largest absolute Gasteiger partial charge is 0.450 e. The summed E-state index contributed by atoms with van der Waals surface area (Å²) in [5.74, 6) is 0. The summed E-state index contributed by atoms with van der Waals surface area (Å²) < 4.78 is 5.31. The van der Waals surface area contributed by atoms with Gasteiger partial charge in [0.25, 0.3) is 0 Å². The van der Waals surface area contributed by atoms with Gasteiger partial charge in [0, 0.05) is 29.6 Å². The monoisotopic (exact) mass is 278 g/mol. The molecule has 20 heavy (non-hydrogen) atoms. The van der Waals surface area contributed by atoms with Crippen molar-refractivity contribution in [3.8, 4) is 0 Å². The fourth-order valence-corrected chi connectivity index (χ4v) is 4.32. The maximum absolute atomic E-state index is 12.3. The maximum Gasteiger partial charge on any atom is 0.410 e. The van der Waals surface area contributed by atoms with E-state index in [1.165, 1.54) is 51.4 Å². The number of carbonyl (C=O) groups excluding carboxylic acids is 1. The number of carbonyl (C=O) groups is 1. The lowest BCUT2D eigenvalue weighted by Gasteiger charge is -2.50. The Morgan fingerprint density at radius 1 is 1.10 bits per heavy atom. The molecule has 3 spiro atoms. The first-order valence-corrected chi connectivity index (χ1v) is 8.31. The third kappa shape index (κ3) is 1.95. The van der Waals surface area contributed by atoms with Crippen LogP contribution in [0.3, 0.4) is 0 Å². The third-order valence-electron chi connectivity index (χ3n) is 6.33. The van der Waals surface area contributed by atoms with Crippen LogP contribution in [0.15, 0.2) is 0 Å². The Morgan fingerprint density at radius 2 is 1.75 bits per heavy atom. The quantitative estimate of drug-likeness (QED) is 0.802. The van der Waals surface area contributed by atoms with Crippen molar-refractivity contribution in [2.24, 2.45) is 5.41 Å². The molecule has 4 heteroatoms. The van der Waals surface area contributed by atoms with Crippen molar-refractivity contribution in [3.63, 3.8) is 0 Å². The van der Waals surface area contributed by atoms with E-state index in [4.69, 9.17) is 4.74 Å². The van der Waals surface area contributed by atoms with Crippen LogP contribution in [0.4, 0.5) is 4.79 Å². The highest BCUT2D eigenvalue weighted by molar-refractivity contribution is 5.69. The SMILES string of the molecule is CCOC(=O)N1CC2(CCC3(CC3)NC2)CCC12CC2. The predicted octanol–water partition coefficient (Wildman–Crippen LogP) is 2.67. The number of likely N-dealkylation sites (tertiary alicyclic amines) is 1.